The molecule has 2 nitrogen and oxygen atoms in total. The second-order valence-electron chi connectivity index (χ2n) is 3.53. The molecule has 2 rings (SSSR count). The van der Waals surface area contributed by atoms with E-state index in [1.165, 1.54) is 24.3 Å². The molecule has 1 aliphatic heterocycles. The van der Waals surface area contributed by atoms with E-state index in [2.05, 4.69) is 4.98 Å². The molecule has 0 aromatic carbocycles. The van der Waals surface area contributed by atoms with Crippen molar-refractivity contribution in [1.82, 2.24) is 4.98 Å². The van der Waals surface area contributed by atoms with Crippen LogP contribution in [0.3, 0.4) is 0 Å². The number of aromatic nitrogens is 1. The van der Waals surface area contributed by atoms with Crippen LogP contribution in [0.25, 0.3) is 0 Å². The number of hydrogen-bond acceptors (Lipinski definition) is 4. The van der Waals surface area contributed by atoms with E-state index in [-0.39, 0.29) is 0 Å². The second-order valence-corrected chi connectivity index (χ2v) is 5.91. The third-order valence-electron chi connectivity index (χ3n) is 2.49. The topological polar surface area (TPSA) is 30.0 Å². The van der Waals surface area contributed by atoms with Crippen LogP contribution in [0.4, 0.5) is 0 Å². The van der Waals surface area contributed by atoms with Crippen LogP contribution in [0.2, 0.25) is 0 Å². The summed E-state index contributed by atoms with van der Waals surface area (Å²) in [5, 5.41) is 1.13. The molecule has 0 unspecified atom stereocenters. The smallest absolute Gasteiger partial charge is 0.161 e. The van der Waals surface area contributed by atoms with Crippen molar-refractivity contribution >= 4 is 29.4 Å². The molecule has 14 heavy (non-hydrogen) atoms. The first kappa shape index (κ1) is 10.2. The lowest BCUT2D eigenvalue weighted by atomic mass is 9.99. The van der Waals surface area contributed by atoms with Gasteiger partial charge in [0.05, 0.1) is 9.88 Å². The molecule has 0 spiro atoms. The maximum atomic E-state index is 10.5. The van der Waals surface area contributed by atoms with Crippen LogP contribution in [0.15, 0.2) is 6.20 Å². The molecular weight excluding hydrogens is 214 g/mol. The number of hydrogen-bond donors (Lipinski definition) is 0. The van der Waals surface area contributed by atoms with Crippen LogP contribution < -0.4 is 0 Å². The van der Waals surface area contributed by atoms with Crippen molar-refractivity contribution in [2.45, 2.75) is 19.3 Å². The Morgan fingerprint density at radius 3 is 2.93 bits per heavy atom. The van der Waals surface area contributed by atoms with E-state index in [4.69, 9.17) is 0 Å². The van der Waals surface area contributed by atoms with Crippen LogP contribution in [-0.2, 0) is 6.42 Å². The van der Waals surface area contributed by atoms with Crippen LogP contribution in [0.1, 0.15) is 27.5 Å². The largest absolute Gasteiger partial charge is 0.297 e. The van der Waals surface area contributed by atoms with Crippen LogP contribution in [0, 0.1) is 5.92 Å². The Labute approximate surface area is 92.1 Å². The standard InChI is InChI=1S/C10H13NOS2/c12-7-9-6-11-10(14-9)5-8-1-3-13-4-2-8/h6-8H,1-5H2. The third-order valence-corrected chi connectivity index (χ3v) is 4.49. The zero-order valence-electron chi connectivity index (χ0n) is 7.94. The van der Waals surface area contributed by atoms with Gasteiger partial charge in [0, 0.05) is 12.6 Å². The maximum absolute atomic E-state index is 10.5. The van der Waals surface area contributed by atoms with Gasteiger partial charge in [-0.05, 0) is 30.3 Å². The van der Waals surface area contributed by atoms with Gasteiger partial charge in [0.25, 0.3) is 0 Å². The molecule has 0 N–H and O–H groups in total. The number of thiazole rings is 1. The summed E-state index contributed by atoms with van der Waals surface area (Å²) in [7, 11) is 0. The summed E-state index contributed by atoms with van der Waals surface area (Å²) in [6, 6.07) is 0. The zero-order valence-corrected chi connectivity index (χ0v) is 9.57. The first-order valence-corrected chi connectivity index (χ1v) is 6.83. The van der Waals surface area contributed by atoms with E-state index in [0.717, 1.165) is 28.5 Å². The molecule has 1 aromatic rings. The highest BCUT2D eigenvalue weighted by atomic mass is 32.2. The fourth-order valence-corrected chi connectivity index (χ4v) is 3.72. The van der Waals surface area contributed by atoms with Crippen LogP contribution in [0.5, 0.6) is 0 Å². The Morgan fingerprint density at radius 2 is 2.29 bits per heavy atom. The lowest BCUT2D eigenvalue weighted by Gasteiger charge is -2.19. The first-order valence-electron chi connectivity index (χ1n) is 4.86. The molecule has 4 heteroatoms. The van der Waals surface area contributed by atoms with Gasteiger partial charge in [-0.2, -0.15) is 11.8 Å². The molecule has 1 fully saturated rings. The summed E-state index contributed by atoms with van der Waals surface area (Å²) in [6.07, 6.45) is 6.25. The highest BCUT2D eigenvalue weighted by Crippen LogP contribution is 2.26. The molecule has 0 amide bonds. The lowest BCUT2D eigenvalue weighted by Crippen LogP contribution is -2.11. The normalized spacial score (nSPS) is 18.3. The molecule has 2 heterocycles. The monoisotopic (exact) mass is 227 g/mol. The third kappa shape index (κ3) is 2.58. The van der Waals surface area contributed by atoms with Crippen molar-refractivity contribution in [1.29, 1.82) is 0 Å². The predicted octanol–water partition coefficient (Wildman–Crippen LogP) is 2.64. The molecule has 0 radical (unpaired) electrons. The Balaban J connectivity index is 1.92. The SMILES string of the molecule is O=Cc1cnc(CC2CCSCC2)s1. The molecule has 0 atom stereocenters. The fourth-order valence-electron chi connectivity index (χ4n) is 1.67. The van der Waals surface area contributed by atoms with Crippen LogP contribution >= 0.6 is 23.1 Å². The van der Waals surface area contributed by atoms with E-state index in [0.29, 0.717) is 0 Å². The molecule has 0 saturated carbocycles. The van der Waals surface area contributed by atoms with Crippen molar-refractivity contribution in [3.05, 3.63) is 16.1 Å². The van der Waals surface area contributed by atoms with Gasteiger partial charge in [0.2, 0.25) is 0 Å². The van der Waals surface area contributed by atoms with Crippen molar-refractivity contribution in [2.24, 2.45) is 5.92 Å². The van der Waals surface area contributed by atoms with Gasteiger partial charge in [-0.3, -0.25) is 4.79 Å². The summed E-state index contributed by atoms with van der Waals surface area (Å²) in [5.74, 6) is 3.37. The van der Waals surface area contributed by atoms with Crippen molar-refractivity contribution in [3.8, 4) is 0 Å². The summed E-state index contributed by atoms with van der Waals surface area (Å²) < 4.78 is 0. The molecule has 1 aromatic heterocycles. The summed E-state index contributed by atoms with van der Waals surface area (Å²) in [6.45, 7) is 0. The number of thioether (sulfide) groups is 1. The molecule has 1 aliphatic rings. The minimum Gasteiger partial charge on any atom is -0.297 e. The Bertz CT molecular complexity index is 305. The van der Waals surface area contributed by atoms with E-state index in [1.807, 2.05) is 11.8 Å². The minimum atomic E-state index is 0.755. The maximum Gasteiger partial charge on any atom is 0.161 e. The highest BCUT2D eigenvalue weighted by molar-refractivity contribution is 7.99. The van der Waals surface area contributed by atoms with Crippen molar-refractivity contribution in [3.63, 3.8) is 0 Å². The van der Waals surface area contributed by atoms with Gasteiger partial charge in [0.15, 0.2) is 6.29 Å². The number of aldehydes is 1. The molecule has 0 bridgehead atoms. The predicted molar refractivity (Wildman–Crippen MR) is 61.3 cm³/mol. The first-order chi connectivity index (χ1) is 6.88. The summed E-state index contributed by atoms with van der Waals surface area (Å²) in [5.41, 5.74) is 0. The average molecular weight is 227 g/mol. The lowest BCUT2D eigenvalue weighted by molar-refractivity contribution is 0.112. The van der Waals surface area contributed by atoms with E-state index < -0.39 is 0 Å². The zero-order chi connectivity index (χ0) is 9.80. The van der Waals surface area contributed by atoms with Gasteiger partial charge < -0.3 is 0 Å². The number of carbonyl (C=O) groups excluding carboxylic acids is 1. The number of nitrogens with zero attached hydrogens (tertiary/aromatic N) is 1. The fraction of sp³-hybridized carbons (Fsp3) is 0.600. The van der Waals surface area contributed by atoms with Crippen molar-refractivity contribution < 1.29 is 4.79 Å². The van der Waals surface area contributed by atoms with Gasteiger partial charge in [-0.1, -0.05) is 0 Å². The Kier molecular flexibility index (Phi) is 3.59. The summed E-state index contributed by atoms with van der Waals surface area (Å²) in [4.78, 5) is 15.5. The number of rotatable bonds is 3. The summed E-state index contributed by atoms with van der Waals surface area (Å²) >= 11 is 3.59. The van der Waals surface area contributed by atoms with Crippen molar-refractivity contribution in [2.75, 3.05) is 11.5 Å². The molecule has 76 valence electrons. The van der Waals surface area contributed by atoms with E-state index in [1.54, 1.807) is 17.5 Å². The quantitative estimate of drug-likeness (QED) is 0.744. The molecule has 0 aliphatic carbocycles. The van der Waals surface area contributed by atoms with Crippen LogP contribution in [-0.4, -0.2) is 22.8 Å². The van der Waals surface area contributed by atoms with E-state index >= 15 is 0 Å². The van der Waals surface area contributed by atoms with Gasteiger partial charge in [0.1, 0.15) is 0 Å². The Morgan fingerprint density at radius 1 is 1.50 bits per heavy atom. The van der Waals surface area contributed by atoms with Gasteiger partial charge in [-0.25, -0.2) is 4.98 Å². The second kappa shape index (κ2) is 4.94. The van der Waals surface area contributed by atoms with Gasteiger partial charge >= 0.3 is 0 Å². The highest BCUT2D eigenvalue weighted by Gasteiger charge is 2.15. The average Bonchev–Trinajstić information content (AvgIpc) is 2.67. The minimum absolute atomic E-state index is 0.755. The van der Waals surface area contributed by atoms with E-state index in [9.17, 15) is 4.79 Å². The number of carbonyl (C=O) groups is 1. The Hall–Kier alpha value is -0.350. The van der Waals surface area contributed by atoms with Gasteiger partial charge in [-0.15, -0.1) is 11.3 Å². The molecule has 1 saturated heterocycles. The molecular formula is C10H13NOS2.